The monoisotopic (exact) mass is 265 g/mol. The Morgan fingerprint density at radius 1 is 1.53 bits per heavy atom. The van der Waals surface area contributed by atoms with Gasteiger partial charge >= 0.3 is 5.69 Å². The summed E-state index contributed by atoms with van der Waals surface area (Å²) < 4.78 is 0. The van der Waals surface area contributed by atoms with E-state index in [0.29, 0.717) is 23.6 Å². The lowest BCUT2D eigenvalue weighted by molar-refractivity contribution is -0.384. The third-order valence-electron chi connectivity index (χ3n) is 3.76. The number of anilines is 2. The van der Waals surface area contributed by atoms with Crippen LogP contribution in [0.4, 0.5) is 17.5 Å². The Hall–Kier alpha value is -1.92. The quantitative estimate of drug-likeness (QED) is 0.626. The van der Waals surface area contributed by atoms with Crippen molar-refractivity contribution < 1.29 is 4.92 Å². The Bertz CT molecular complexity index is 465. The fourth-order valence-electron chi connectivity index (χ4n) is 2.51. The first kappa shape index (κ1) is 13.5. The van der Waals surface area contributed by atoms with Crippen LogP contribution in [-0.4, -0.2) is 28.5 Å². The minimum Gasteiger partial charge on any atom is -0.364 e. The number of hydrogen-bond donors (Lipinski definition) is 2. The molecule has 1 aromatic rings. The zero-order valence-corrected chi connectivity index (χ0v) is 11.2. The van der Waals surface area contributed by atoms with Gasteiger partial charge in [-0.1, -0.05) is 19.8 Å². The molecule has 2 N–H and O–H groups in total. The maximum absolute atomic E-state index is 10.9. The molecule has 7 heteroatoms. The molecule has 1 fully saturated rings. The van der Waals surface area contributed by atoms with Gasteiger partial charge in [0.2, 0.25) is 11.8 Å². The summed E-state index contributed by atoms with van der Waals surface area (Å²) in [6, 6.07) is 0. The van der Waals surface area contributed by atoms with E-state index in [9.17, 15) is 10.1 Å². The van der Waals surface area contributed by atoms with E-state index in [-0.39, 0.29) is 5.69 Å². The van der Waals surface area contributed by atoms with Crippen molar-refractivity contribution in [3.8, 4) is 0 Å². The maximum atomic E-state index is 10.9. The molecule has 1 aliphatic carbocycles. The molecule has 0 bridgehead atoms. The van der Waals surface area contributed by atoms with Crippen LogP contribution >= 0.6 is 0 Å². The molecule has 0 spiro atoms. The van der Waals surface area contributed by atoms with Crippen molar-refractivity contribution in [2.24, 2.45) is 11.8 Å². The highest BCUT2D eigenvalue weighted by Crippen LogP contribution is 2.32. The Morgan fingerprint density at radius 2 is 2.32 bits per heavy atom. The van der Waals surface area contributed by atoms with Crippen LogP contribution in [0.15, 0.2) is 6.20 Å². The van der Waals surface area contributed by atoms with Crippen molar-refractivity contribution in [3.05, 3.63) is 16.3 Å². The summed E-state index contributed by atoms with van der Waals surface area (Å²) in [5.41, 5.74) is -0.0790. The fraction of sp³-hybridized carbons (Fsp3) is 0.667. The first-order chi connectivity index (χ1) is 9.11. The molecule has 0 amide bonds. The lowest BCUT2D eigenvalue weighted by Crippen LogP contribution is -2.18. The van der Waals surface area contributed by atoms with Crippen LogP contribution in [0.5, 0.6) is 0 Å². The van der Waals surface area contributed by atoms with Gasteiger partial charge in [-0.15, -0.1) is 0 Å². The number of nitrogens with one attached hydrogen (secondary N) is 2. The molecule has 0 saturated heterocycles. The molecule has 1 heterocycles. The molecule has 1 aliphatic rings. The van der Waals surface area contributed by atoms with Crippen molar-refractivity contribution in [1.29, 1.82) is 0 Å². The van der Waals surface area contributed by atoms with Gasteiger partial charge in [0.15, 0.2) is 0 Å². The molecule has 7 nitrogen and oxygen atoms in total. The third kappa shape index (κ3) is 3.10. The van der Waals surface area contributed by atoms with Gasteiger partial charge < -0.3 is 10.6 Å². The standard InChI is InChI=1S/C12H19N5O2/c1-8-4-3-5-9(8)6-14-11-10(17(18)19)7-15-12(13-2)16-11/h7-9H,3-6H2,1-2H3,(H2,13,14,15,16). The summed E-state index contributed by atoms with van der Waals surface area (Å²) in [5.74, 6) is 1.90. The second kappa shape index (κ2) is 5.81. The molecule has 2 unspecified atom stereocenters. The number of aromatic nitrogens is 2. The highest BCUT2D eigenvalue weighted by molar-refractivity contribution is 5.56. The molecular weight excluding hydrogens is 246 g/mol. The predicted molar refractivity (Wildman–Crippen MR) is 73.2 cm³/mol. The number of rotatable bonds is 5. The number of hydrogen-bond acceptors (Lipinski definition) is 6. The normalized spacial score (nSPS) is 22.2. The van der Waals surface area contributed by atoms with Gasteiger partial charge in [0.05, 0.1) is 4.92 Å². The highest BCUT2D eigenvalue weighted by Gasteiger charge is 2.24. The SMILES string of the molecule is CNc1ncc([N+](=O)[O-])c(NCC2CCCC2C)n1. The van der Waals surface area contributed by atoms with Crippen molar-refractivity contribution in [1.82, 2.24) is 9.97 Å². The Kier molecular flexibility index (Phi) is 4.13. The Labute approximate surface area is 112 Å². The lowest BCUT2D eigenvalue weighted by atomic mass is 9.98. The van der Waals surface area contributed by atoms with E-state index in [1.54, 1.807) is 7.05 Å². The predicted octanol–water partition coefficient (Wildman–Crippen LogP) is 2.27. The Balaban J connectivity index is 2.10. The first-order valence-electron chi connectivity index (χ1n) is 6.55. The van der Waals surface area contributed by atoms with Gasteiger partial charge in [-0.2, -0.15) is 4.98 Å². The van der Waals surface area contributed by atoms with Crippen LogP contribution in [0.3, 0.4) is 0 Å². The second-order valence-electron chi connectivity index (χ2n) is 4.98. The topological polar surface area (TPSA) is 93.0 Å². The maximum Gasteiger partial charge on any atom is 0.329 e. The molecule has 1 saturated carbocycles. The fourth-order valence-corrected chi connectivity index (χ4v) is 2.51. The summed E-state index contributed by atoms with van der Waals surface area (Å²) in [6.45, 7) is 2.95. The van der Waals surface area contributed by atoms with E-state index in [1.165, 1.54) is 25.5 Å². The Morgan fingerprint density at radius 3 is 2.89 bits per heavy atom. The third-order valence-corrected chi connectivity index (χ3v) is 3.76. The van der Waals surface area contributed by atoms with Crippen LogP contribution in [0.1, 0.15) is 26.2 Å². The summed E-state index contributed by atoms with van der Waals surface area (Å²) in [5, 5.41) is 16.8. The van der Waals surface area contributed by atoms with Gasteiger partial charge in [0.1, 0.15) is 6.20 Å². The number of nitro groups is 1. The summed E-state index contributed by atoms with van der Waals surface area (Å²) in [6.07, 6.45) is 4.88. The van der Waals surface area contributed by atoms with Gasteiger partial charge in [0.25, 0.3) is 0 Å². The zero-order chi connectivity index (χ0) is 13.8. The molecule has 2 atom stereocenters. The minimum atomic E-state index is -0.458. The van der Waals surface area contributed by atoms with E-state index in [0.717, 1.165) is 6.54 Å². The lowest BCUT2D eigenvalue weighted by Gasteiger charge is -2.16. The zero-order valence-electron chi connectivity index (χ0n) is 11.2. The molecule has 19 heavy (non-hydrogen) atoms. The largest absolute Gasteiger partial charge is 0.364 e. The van der Waals surface area contributed by atoms with Crippen LogP contribution in [0, 0.1) is 22.0 Å². The average Bonchev–Trinajstić information content (AvgIpc) is 2.81. The molecule has 0 aliphatic heterocycles. The van der Waals surface area contributed by atoms with E-state index in [1.807, 2.05) is 0 Å². The van der Waals surface area contributed by atoms with Crippen molar-refractivity contribution in [3.63, 3.8) is 0 Å². The van der Waals surface area contributed by atoms with Crippen molar-refractivity contribution >= 4 is 17.5 Å². The molecule has 104 valence electrons. The van der Waals surface area contributed by atoms with Gasteiger partial charge in [-0.3, -0.25) is 10.1 Å². The van der Waals surface area contributed by atoms with E-state index in [4.69, 9.17) is 0 Å². The smallest absolute Gasteiger partial charge is 0.329 e. The van der Waals surface area contributed by atoms with Crippen LogP contribution in [-0.2, 0) is 0 Å². The van der Waals surface area contributed by atoms with Gasteiger partial charge in [0, 0.05) is 13.6 Å². The summed E-state index contributed by atoms with van der Waals surface area (Å²) in [4.78, 5) is 18.5. The molecule has 1 aromatic heterocycles. The van der Waals surface area contributed by atoms with Crippen LogP contribution in [0.2, 0.25) is 0 Å². The second-order valence-corrected chi connectivity index (χ2v) is 4.98. The summed E-state index contributed by atoms with van der Waals surface area (Å²) >= 11 is 0. The molecular formula is C12H19N5O2. The average molecular weight is 265 g/mol. The summed E-state index contributed by atoms with van der Waals surface area (Å²) in [7, 11) is 1.68. The van der Waals surface area contributed by atoms with Crippen LogP contribution < -0.4 is 10.6 Å². The van der Waals surface area contributed by atoms with Crippen LogP contribution in [0.25, 0.3) is 0 Å². The molecule has 0 aromatic carbocycles. The minimum absolute atomic E-state index is 0.0790. The molecule has 0 radical (unpaired) electrons. The van der Waals surface area contributed by atoms with Gasteiger partial charge in [-0.05, 0) is 18.3 Å². The van der Waals surface area contributed by atoms with E-state index in [2.05, 4.69) is 27.5 Å². The first-order valence-corrected chi connectivity index (χ1v) is 6.55. The number of nitrogens with zero attached hydrogens (tertiary/aromatic N) is 3. The van der Waals surface area contributed by atoms with Gasteiger partial charge in [-0.25, -0.2) is 4.98 Å². The highest BCUT2D eigenvalue weighted by atomic mass is 16.6. The van der Waals surface area contributed by atoms with Crippen molar-refractivity contribution in [2.75, 3.05) is 24.2 Å². The molecule has 2 rings (SSSR count). The van der Waals surface area contributed by atoms with E-state index >= 15 is 0 Å². The van der Waals surface area contributed by atoms with Crippen molar-refractivity contribution in [2.45, 2.75) is 26.2 Å². The van der Waals surface area contributed by atoms with E-state index < -0.39 is 4.92 Å².